The highest BCUT2D eigenvalue weighted by atomic mass is 16.4. The number of carbonyl (C=O) groups excluding carboxylic acids is 5. The Labute approximate surface area is 366 Å². The molecule has 0 bridgehead atoms. The highest BCUT2D eigenvalue weighted by Gasteiger charge is 2.36. The molecular formula is C46H60N8O9. The second-order valence-corrected chi connectivity index (χ2v) is 16.5. The Morgan fingerprint density at radius 1 is 0.667 bits per heavy atom. The topological polar surface area (TPSA) is 277 Å². The fourth-order valence-electron chi connectivity index (χ4n) is 7.74. The second-order valence-electron chi connectivity index (χ2n) is 16.5. The number of benzene rings is 3. The number of hydrogen-bond donors (Lipinski definition) is 11. The first-order chi connectivity index (χ1) is 30.1. The normalized spacial score (nSPS) is 18.4. The van der Waals surface area contributed by atoms with Gasteiger partial charge < -0.3 is 57.9 Å². The summed E-state index contributed by atoms with van der Waals surface area (Å²) < 4.78 is 0. The van der Waals surface area contributed by atoms with Crippen LogP contribution in [0.1, 0.15) is 62.6 Å². The SMILES string of the molecule is CN[C@@H](C)C(=O)N[C@@H](Cc1ccc(O)cc1)C(=O)N[C@H](Cc1c[nH]c2ccccc12)C(=O)N[C@@H](CC1CCC(N)CC1)C(=O)N[C@H](C(=O)N[C@@H](Cc1ccccc1)C(=O)O)[C@@H](C)O. The van der Waals surface area contributed by atoms with E-state index in [1.165, 1.54) is 19.1 Å². The van der Waals surface area contributed by atoms with Crippen molar-refractivity contribution in [1.82, 2.24) is 36.9 Å². The molecule has 1 fully saturated rings. The number of aromatic hydroxyl groups is 1. The van der Waals surface area contributed by atoms with E-state index in [0.717, 1.165) is 10.9 Å². The molecule has 1 saturated carbocycles. The van der Waals surface area contributed by atoms with Gasteiger partial charge in [-0.05, 0) is 93.8 Å². The van der Waals surface area contributed by atoms with Crippen LogP contribution in [0.5, 0.6) is 5.75 Å². The molecule has 17 heteroatoms. The van der Waals surface area contributed by atoms with Crippen LogP contribution in [0, 0.1) is 5.92 Å². The minimum absolute atomic E-state index is 0.00799. The van der Waals surface area contributed by atoms with E-state index in [-0.39, 0.29) is 43.4 Å². The smallest absolute Gasteiger partial charge is 0.326 e. The molecule has 1 aliphatic carbocycles. The van der Waals surface area contributed by atoms with Crippen LogP contribution in [-0.4, -0.2) is 111 Å². The zero-order chi connectivity index (χ0) is 45.6. The number of aliphatic carboxylic acids is 1. The predicted molar refractivity (Wildman–Crippen MR) is 236 cm³/mol. The highest BCUT2D eigenvalue weighted by Crippen LogP contribution is 2.27. The van der Waals surface area contributed by atoms with Gasteiger partial charge in [-0.25, -0.2) is 4.79 Å². The number of phenols is 1. The number of nitrogens with two attached hydrogens (primary N) is 1. The Balaban J connectivity index is 1.43. The molecule has 0 spiro atoms. The Bertz CT molecular complexity index is 2170. The molecule has 63 heavy (non-hydrogen) atoms. The van der Waals surface area contributed by atoms with E-state index in [4.69, 9.17) is 5.73 Å². The Kier molecular flexibility index (Phi) is 17.2. The molecule has 3 aromatic carbocycles. The maximum Gasteiger partial charge on any atom is 0.326 e. The van der Waals surface area contributed by atoms with Gasteiger partial charge in [-0.15, -0.1) is 0 Å². The molecule has 17 nitrogen and oxygen atoms in total. The molecule has 0 aliphatic heterocycles. The molecule has 0 unspecified atom stereocenters. The number of aliphatic hydroxyl groups excluding tert-OH is 1. The molecule has 5 rings (SSSR count). The summed E-state index contributed by atoms with van der Waals surface area (Å²) in [6.07, 6.45) is 3.06. The Hall–Kier alpha value is -6.30. The van der Waals surface area contributed by atoms with E-state index in [9.17, 15) is 44.1 Å². The van der Waals surface area contributed by atoms with Crippen molar-refractivity contribution < 1.29 is 44.1 Å². The van der Waals surface area contributed by atoms with Gasteiger partial charge >= 0.3 is 5.97 Å². The summed E-state index contributed by atoms with van der Waals surface area (Å²) in [5.74, 6) is -4.97. The van der Waals surface area contributed by atoms with Gasteiger partial charge in [0.15, 0.2) is 0 Å². The van der Waals surface area contributed by atoms with Gasteiger partial charge in [0.1, 0.15) is 36.0 Å². The van der Waals surface area contributed by atoms with Crippen LogP contribution in [0.3, 0.4) is 0 Å². The van der Waals surface area contributed by atoms with Crippen LogP contribution in [0.15, 0.2) is 85.1 Å². The van der Waals surface area contributed by atoms with Crippen LogP contribution in [0.2, 0.25) is 0 Å². The molecule has 0 radical (unpaired) electrons. The zero-order valence-electron chi connectivity index (χ0n) is 35.8. The zero-order valence-corrected chi connectivity index (χ0v) is 35.8. The van der Waals surface area contributed by atoms with Gasteiger partial charge in [0.05, 0.1) is 12.1 Å². The van der Waals surface area contributed by atoms with Gasteiger partial charge in [-0.1, -0.05) is 60.7 Å². The number of aromatic nitrogens is 1. The van der Waals surface area contributed by atoms with Crippen molar-refractivity contribution in [2.24, 2.45) is 11.7 Å². The van der Waals surface area contributed by atoms with Crippen LogP contribution < -0.4 is 37.6 Å². The number of rotatable bonds is 21. The molecule has 7 atom stereocenters. The number of fused-ring (bicyclic) bond motifs is 1. The molecule has 5 amide bonds. The summed E-state index contributed by atoms with van der Waals surface area (Å²) in [6, 6.07) is 14.9. The number of carbonyl (C=O) groups is 6. The number of likely N-dealkylation sites (N-methyl/N-ethyl adjacent to an activating group) is 1. The number of phenolic OH excluding ortho intramolecular Hbond substituents is 1. The van der Waals surface area contributed by atoms with Crippen molar-refractivity contribution in [1.29, 1.82) is 0 Å². The predicted octanol–water partition coefficient (Wildman–Crippen LogP) is 1.31. The molecule has 1 aliphatic rings. The van der Waals surface area contributed by atoms with Crippen molar-refractivity contribution in [2.45, 2.75) is 114 Å². The third kappa shape index (κ3) is 13.8. The average Bonchev–Trinajstić information content (AvgIpc) is 3.68. The van der Waals surface area contributed by atoms with Crippen LogP contribution >= 0.6 is 0 Å². The molecule has 1 heterocycles. The molecular weight excluding hydrogens is 809 g/mol. The fourth-order valence-corrected chi connectivity index (χ4v) is 7.74. The van der Waals surface area contributed by atoms with Crippen molar-refractivity contribution >= 4 is 46.4 Å². The summed E-state index contributed by atoms with van der Waals surface area (Å²) in [6.45, 7) is 2.91. The number of carboxylic acids is 1. The van der Waals surface area contributed by atoms with Crippen molar-refractivity contribution in [3.05, 3.63) is 102 Å². The number of aliphatic hydroxyl groups is 1. The summed E-state index contributed by atoms with van der Waals surface area (Å²) >= 11 is 0. The lowest BCUT2D eigenvalue weighted by Gasteiger charge is -2.31. The largest absolute Gasteiger partial charge is 0.508 e. The van der Waals surface area contributed by atoms with Crippen molar-refractivity contribution in [2.75, 3.05) is 7.05 Å². The van der Waals surface area contributed by atoms with Gasteiger partial charge in [-0.2, -0.15) is 0 Å². The summed E-state index contributed by atoms with van der Waals surface area (Å²) in [5, 5.41) is 47.7. The minimum Gasteiger partial charge on any atom is -0.508 e. The number of hydrogen-bond acceptors (Lipinski definition) is 10. The van der Waals surface area contributed by atoms with E-state index >= 15 is 0 Å². The summed E-state index contributed by atoms with van der Waals surface area (Å²) in [4.78, 5) is 85.4. The van der Waals surface area contributed by atoms with Crippen molar-refractivity contribution in [3.8, 4) is 5.75 Å². The quantitative estimate of drug-likeness (QED) is 0.0568. The first-order valence-corrected chi connectivity index (χ1v) is 21.3. The van der Waals surface area contributed by atoms with Crippen molar-refractivity contribution in [3.63, 3.8) is 0 Å². The van der Waals surface area contributed by atoms with E-state index in [1.807, 2.05) is 24.3 Å². The summed E-state index contributed by atoms with van der Waals surface area (Å²) in [5.41, 5.74) is 8.94. The van der Waals surface area contributed by atoms with Gasteiger partial charge in [-0.3, -0.25) is 24.0 Å². The lowest BCUT2D eigenvalue weighted by molar-refractivity contribution is -0.143. The highest BCUT2D eigenvalue weighted by molar-refractivity contribution is 5.97. The lowest BCUT2D eigenvalue weighted by atomic mass is 9.82. The molecule has 12 N–H and O–H groups in total. The van der Waals surface area contributed by atoms with Crippen LogP contribution in [0.4, 0.5) is 0 Å². The van der Waals surface area contributed by atoms with E-state index in [2.05, 4.69) is 36.9 Å². The fraction of sp³-hybridized carbons (Fsp3) is 0.435. The summed E-state index contributed by atoms with van der Waals surface area (Å²) in [7, 11) is 1.60. The molecule has 4 aromatic rings. The lowest BCUT2D eigenvalue weighted by Crippen LogP contribution is -2.61. The first kappa shape index (κ1) is 47.7. The standard InChI is InChI=1S/C46H60N8O9/c1-26(48-3)41(57)50-36(22-30-15-19-33(56)20-16-30)42(58)52-38(24-31-25-49-35-12-8-7-11-34(31)35)43(59)51-37(21-29-13-17-32(47)18-14-29)44(60)54-40(27(2)55)45(61)53-39(46(62)63)23-28-9-5-4-6-10-28/h4-12,15-16,19-20,25-27,29,32,36-40,48-49,55-56H,13-14,17-18,21-24,47H2,1-3H3,(H,50,57)(H,51,59)(H,52,58)(H,53,61)(H,54,60)(H,62,63)/t26-,27+,29?,32?,36-,37-,38+,39-,40-/m0/s1. The Morgan fingerprint density at radius 3 is 1.84 bits per heavy atom. The number of amides is 5. The number of nitrogens with one attached hydrogen (secondary N) is 7. The van der Waals surface area contributed by atoms with E-state index in [1.54, 1.807) is 62.6 Å². The van der Waals surface area contributed by atoms with Crippen LogP contribution in [0.25, 0.3) is 10.9 Å². The van der Waals surface area contributed by atoms with E-state index in [0.29, 0.717) is 42.4 Å². The van der Waals surface area contributed by atoms with Gasteiger partial charge in [0.2, 0.25) is 29.5 Å². The minimum atomic E-state index is -1.60. The first-order valence-electron chi connectivity index (χ1n) is 21.3. The number of para-hydroxylation sites is 1. The second kappa shape index (κ2) is 22.7. The molecule has 338 valence electrons. The Morgan fingerprint density at radius 2 is 1.21 bits per heavy atom. The van der Waals surface area contributed by atoms with Gasteiger partial charge in [0, 0.05) is 42.4 Å². The number of H-pyrrole nitrogens is 1. The van der Waals surface area contributed by atoms with E-state index < -0.39 is 77.9 Å². The van der Waals surface area contributed by atoms with Crippen LogP contribution in [-0.2, 0) is 48.0 Å². The molecule has 1 aromatic heterocycles. The third-order valence-electron chi connectivity index (χ3n) is 11.6. The molecule has 0 saturated heterocycles. The van der Waals surface area contributed by atoms with Gasteiger partial charge in [0.25, 0.3) is 0 Å². The number of carboxylic acid groups (broad SMARTS) is 1. The maximum atomic E-state index is 14.6. The third-order valence-corrected chi connectivity index (χ3v) is 11.6. The average molecular weight is 869 g/mol. The number of aromatic amines is 1. The monoisotopic (exact) mass is 868 g/mol. The maximum absolute atomic E-state index is 14.6.